The van der Waals surface area contributed by atoms with E-state index >= 15 is 0 Å². The number of hydrogen-bond donors (Lipinski definition) is 1. The quantitative estimate of drug-likeness (QED) is 0.852. The fraction of sp³-hybridized carbons (Fsp3) is 0.769. The van der Waals surface area contributed by atoms with Crippen molar-refractivity contribution in [3.63, 3.8) is 0 Å². The molecule has 1 heterocycles. The van der Waals surface area contributed by atoms with E-state index in [1.165, 1.54) is 11.3 Å². The third-order valence-corrected chi connectivity index (χ3v) is 4.55. The zero-order valence-corrected chi connectivity index (χ0v) is 12.0. The average Bonchev–Trinajstić information content (AvgIpc) is 2.95. The fourth-order valence-corrected chi connectivity index (χ4v) is 3.12. The summed E-state index contributed by atoms with van der Waals surface area (Å²) in [5.74, 6) is 0. The third kappa shape index (κ3) is 4.45. The fourth-order valence-electron chi connectivity index (χ4n) is 2.17. The van der Waals surface area contributed by atoms with Crippen LogP contribution in [-0.2, 0) is 5.54 Å². The summed E-state index contributed by atoms with van der Waals surface area (Å²) >= 11 is 1.53. The first-order chi connectivity index (χ1) is 8.78. The molecule has 1 aliphatic carbocycles. The first-order valence-corrected chi connectivity index (χ1v) is 7.43. The van der Waals surface area contributed by atoms with Gasteiger partial charge in [0.05, 0.1) is 5.54 Å². The molecule has 1 saturated carbocycles. The van der Waals surface area contributed by atoms with Crippen LogP contribution in [0.1, 0.15) is 49.7 Å². The normalized spacial score (nSPS) is 19.4. The standard InChI is InChI=1S/C13H19F3N2S/c1-9-8-19-11(17-9)12(2,18-10-4-5-10)6-3-7-13(14,15)16/h8,10,18H,3-7H2,1-2H3. The summed E-state index contributed by atoms with van der Waals surface area (Å²) < 4.78 is 36.8. The van der Waals surface area contributed by atoms with E-state index in [9.17, 15) is 13.2 Å². The molecule has 1 aromatic rings. The van der Waals surface area contributed by atoms with Crippen molar-refractivity contribution in [3.05, 3.63) is 16.1 Å². The van der Waals surface area contributed by atoms with Crippen molar-refractivity contribution < 1.29 is 13.2 Å². The van der Waals surface area contributed by atoms with Gasteiger partial charge in [-0.05, 0) is 39.5 Å². The molecule has 1 aliphatic rings. The maximum atomic E-state index is 12.3. The second-order valence-corrected chi connectivity index (χ2v) is 6.37. The van der Waals surface area contributed by atoms with Gasteiger partial charge in [-0.2, -0.15) is 13.2 Å². The number of halogens is 3. The molecular formula is C13H19F3N2S. The molecular weight excluding hydrogens is 273 g/mol. The number of alkyl halides is 3. The summed E-state index contributed by atoms with van der Waals surface area (Å²) in [5, 5.41) is 6.32. The van der Waals surface area contributed by atoms with E-state index in [0.717, 1.165) is 23.5 Å². The average molecular weight is 292 g/mol. The van der Waals surface area contributed by atoms with Gasteiger partial charge in [-0.25, -0.2) is 4.98 Å². The van der Waals surface area contributed by atoms with Crippen LogP contribution in [0.5, 0.6) is 0 Å². The summed E-state index contributed by atoms with van der Waals surface area (Å²) in [4.78, 5) is 4.45. The lowest BCUT2D eigenvalue weighted by Gasteiger charge is -2.29. The lowest BCUT2D eigenvalue weighted by Crippen LogP contribution is -2.41. The minimum absolute atomic E-state index is 0.137. The molecule has 0 radical (unpaired) electrons. The van der Waals surface area contributed by atoms with Gasteiger partial charge in [0, 0.05) is 23.5 Å². The first kappa shape index (κ1) is 14.8. The second-order valence-electron chi connectivity index (χ2n) is 5.51. The largest absolute Gasteiger partial charge is 0.389 e. The summed E-state index contributed by atoms with van der Waals surface area (Å²) in [6.07, 6.45) is -1.97. The van der Waals surface area contributed by atoms with E-state index in [4.69, 9.17) is 0 Å². The maximum Gasteiger partial charge on any atom is 0.389 e. The van der Waals surface area contributed by atoms with Crippen LogP contribution in [0.3, 0.4) is 0 Å². The zero-order chi connectivity index (χ0) is 14.1. The Morgan fingerprint density at radius 3 is 2.53 bits per heavy atom. The SMILES string of the molecule is Cc1csc(C(C)(CCCC(F)(F)F)NC2CC2)n1. The lowest BCUT2D eigenvalue weighted by atomic mass is 9.95. The monoisotopic (exact) mass is 292 g/mol. The molecule has 108 valence electrons. The van der Waals surface area contributed by atoms with Gasteiger partial charge in [-0.3, -0.25) is 0 Å². The van der Waals surface area contributed by atoms with Gasteiger partial charge in [0.25, 0.3) is 0 Å². The van der Waals surface area contributed by atoms with E-state index < -0.39 is 18.1 Å². The highest BCUT2D eigenvalue weighted by Crippen LogP contribution is 2.35. The zero-order valence-electron chi connectivity index (χ0n) is 11.2. The number of hydrogen-bond acceptors (Lipinski definition) is 3. The van der Waals surface area contributed by atoms with Crippen LogP contribution in [0.15, 0.2) is 5.38 Å². The summed E-state index contributed by atoms with van der Waals surface area (Å²) in [6, 6.07) is 0.445. The Bertz CT molecular complexity index is 426. The van der Waals surface area contributed by atoms with Crippen molar-refractivity contribution >= 4 is 11.3 Å². The van der Waals surface area contributed by atoms with E-state index in [0.29, 0.717) is 12.5 Å². The van der Waals surface area contributed by atoms with E-state index in [1.54, 1.807) is 0 Å². The van der Waals surface area contributed by atoms with Gasteiger partial charge in [-0.15, -0.1) is 11.3 Å². The van der Waals surface area contributed by atoms with Crippen molar-refractivity contribution in [3.8, 4) is 0 Å². The Morgan fingerprint density at radius 1 is 1.37 bits per heavy atom. The Balaban J connectivity index is 2.01. The van der Waals surface area contributed by atoms with Crippen LogP contribution in [-0.4, -0.2) is 17.2 Å². The lowest BCUT2D eigenvalue weighted by molar-refractivity contribution is -0.136. The van der Waals surface area contributed by atoms with Gasteiger partial charge in [0.1, 0.15) is 5.01 Å². The molecule has 1 aromatic heterocycles. The number of nitrogens with zero attached hydrogens (tertiary/aromatic N) is 1. The van der Waals surface area contributed by atoms with Gasteiger partial charge in [0.15, 0.2) is 0 Å². The van der Waals surface area contributed by atoms with Crippen LogP contribution < -0.4 is 5.32 Å². The minimum Gasteiger partial charge on any atom is -0.303 e. The minimum atomic E-state index is -4.07. The van der Waals surface area contributed by atoms with Crippen LogP contribution in [0.25, 0.3) is 0 Å². The van der Waals surface area contributed by atoms with Gasteiger partial charge in [0.2, 0.25) is 0 Å². The van der Waals surface area contributed by atoms with Crippen molar-refractivity contribution in [1.29, 1.82) is 0 Å². The Labute approximate surface area is 115 Å². The number of thiazole rings is 1. The molecule has 2 nitrogen and oxygen atoms in total. The van der Waals surface area contributed by atoms with Crippen molar-refractivity contribution in [2.24, 2.45) is 0 Å². The third-order valence-electron chi connectivity index (χ3n) is 3.33. The molecule has 1 atom stereocenters. The van der Waals surface area contributed by atoms with Crippen LogP contribution >= 0.6 is 11.3 Å². The molecule has 2 rings (SSSR count). The molecule has 0 aromatic carbocycles. The van der Waals surface area contributed by atoms with E-state index in [-0.39, 0.29) is 6.42 Å². The van der Waals surface area contributed by atoms with E-state index in [1.807, 2.05) is 19.2 Å². The molecule has 0 amide bonds. The maximum absolute atomic E-state index is 12.3. The highest BCUT2D eigenvalue weighted by molar-refractivity contribution is 7.09. The van der Waals surface area contributed by atoms with Gasteiger partial charge >= 0.3 is 6.18 Å². The van der Waals surface area contributed by atoms with Crippen molar-refractivity contribution in [2.75, 3.05) is 0 Å². The number of nitrogens with one attached hydrogen (secondary N) is 1. The van der Waals surface area contributed by atoms with Crippen molar-refractivity contribution in [2.45, 2.75) is 63.7 Å². The predicted octanol–water partition coefficient (Wildman–Crippen LogP) is 4.15. The highest BCUT2D eigenvalue weighted by atomic mass is 32.1. The molecule has 6 heteroatoms. The molecule has 19 heavy (non-hydrogen) atoms. The van der Waals surface area contributed by atoms with Crippen LogP contribution in [0.4, 0.5) is 13.2 Å². The number of aromatic nitrogens is 1. The molecule has 0 saturated heterocycles. The number of rotatable bonds is 6. The summed E-state index contributed by atoms with van der Waals surface area (Å²) in [7, 11) is 0. The van der Waals surface area contributed by atoms with E-state index in [2.05, 4.69) is 10.3 Å². The molecule has 0 bridgehead atoms. The summed E-state index contributed by atoms with van der Waals surface area (Å²) in [5.41, 5.74) is 0.505. The topological polar surface area (TPSA) is 24.9 Å². The number of aryl methyl sites for hydroxylation is 1. The first-order valence-electron chi connectivity index (χ1n) is 6.55. The molecule has 1 unspecified atom stereocenters. The van der Waals surface area contributed by atoms with Crippen molar-refractivity contribution in [1.82, 2.24) is 10.3 Å². The Kier molecular flexibility index (Phi) is 4.20. The van der Waals surface area contributed by atoms with Crippen LogP contribution in [0, 0.1) is 6.92 Å². The Morgan fingerprint density at radius 2 is 2.05 bits per heavy atom. The van der Waals surface area contributed by atoms with Gasteiger partial charge in [-0.1, -0.05) is 0 Å². The second kappa shape index (κ2) is 5.40. The highest BCUT2D eigenvalue weighted by Gasteiger charge is 2.37. The summed E-state index contributed by atoms with van der Waals surface area (Å²) in [6.45, 7) is 3.88. The molecule has 1 N–H and O–H groups in total. The molecule has 1 fully saturated rings. The molecule has 0 aliphatic heterocycles. The van der Waals surface area contributed by atoms with Gasteiger partial charge < -0.3 is 5.32 Å². The Hall–Kier alpha value is -0.620. The predicted molar refractivity (Wildman–Crippen MR) is 70.3 cm³/mol. The molecule has 0 spiro atoms. The smallest absolute Gasteiger partial charge is 0.303 e. The van der Waals surface area contributed by atoms with Crippen LogP contribution in [0.2, 0.25) is 0 Å².